The molecule has 0 radical (unpaired) electrons. The molecule has 2 heteroatoms. The fourth-order valence-electron chi connectivity index (χ4n) is 0.873. The number of rotatable bonds is 4. The summed E-state index contributed by atoms with van der Waals surface area (Å²) in [6.07, 6.45) is 3.68. The molecule has 0 aromatic carbocycles. The molecule has 0 spiro atoms. The summed E-state index contributed by atoms with van der Waals surface area (Å²) in [5.74, 6) is 1.08. The summed E-state index contributed by atoms with van der Waals surface area (Å²) < 4.78 is 0. The topological polar surface area (TPSA) is 20.3 Å². The number of hydrogen-bond acceptors (Lipinski definition) is 1. The molecule has 0 heterocycles. The second kappa shape index (κ2) is 22.6. The Balaban J connectivity index is -0.0000000385. The molecular weight excluding hydrogens is 234 g/mol. The van der Waals surface area contributed by atoms with Crippen molar-refractivity contribution in [1.82, 2.24) is 4.90 Å². The zero-order valence-electron chi connectivity index (χ0n) is 11.6. The first-order valence-corrected chi connectivity index (χ1v) is 6.13. The number of carbonyl (C=O) groups excluding carboxylic acids is 1. The third-order valence-electron chi connectivity index (χ3n) is 3.14. The standard InChI is InChI=1S/C7H15NO.C6H14.4CH4/c1-5-6(2)8(4)7(3)9;1-4-6(3)5-2;;;;/h6H,5H2,1-4H3;6H,4-5H2,1-3H3;4*1H4. The van der Waals surface area contributed by atoms with Gasteiger partial charge in [-0.1, -0.05) is 70.2 Å². The SMILES string of the molecule is C.C.C.C.CCC(C)CC.CCC(C)N(C)C(C)=O. The first-order chi connectivity index (χ1) is 6.90. The Bertz CT molecular complexity index is 153. The van der Waals surface area contributed by atoms with Gasteiger partial charge in [0, 0.05) is 20.0 Å². The van der Waals surface area contributed by atoms with Crippen molar-refractivity contribution in [2.45, 2.75) is 96.6 Å². The Hall–Kier alpha value is -0.530. The van der Waals surface area contributed by atoms with Gasteiger partial charge in [-0.25, -0.2) is 0 Å². The van der Waals surface area contributed by atoms with Crippen LogP contribution in [0.25, 0.3) is 0 Å². The molecule has 0 aliphatic carbocycles. The Morgan fingerprint density at radius 2 is 1.21 bits per heavy atom. The zero-order valence-corrected chi connectivity index (χ0v) is 11.6. The van der Waals surface area contributed by atoms with Crippen LogP contribution in [0.1, 0.15) is 90.5 Å². The summed E-state index contributed by atoms with van der Waals surface area (Å²) in [6.45, 7) is 12.4. The van der Waals surface area contributed by atoms with Crippen molar-refractivity contribution in [2.75, 3.05) is 7.05 Å². The summed E-state index contributed by atoms with van der Waals surface area (Å²) in [4.78, 5) is 12.4. The average molecular weight is 280 g/mol. The highest BCUT2D eigenvalue weighted by Crippen LogP contribution is 2.02. The van der Waals surface area contributed by atoms with Crippen LogP contribution in [0.5, 0.6) is 0 Å². The smallest absolute Gasteiger partial charge is 0.219 e. The lowest BCUT2D eigenvalue weighted by atomic mass is 10.1. The summed E-state index contributed by atoms with van der Waals surface area (Å²) in [5, 5.41) is 0. The van der Waals surface area contributed by atoms with E-state index in [0.29, 0.717) is 6.04 Å². The van der Waals surface area contributed by atoms with Gasteiger partial charge in [-0.3, -0.25) is 4.79 Å². The van der Waals surface area contributed by atoms with Gasteiger partial charge >= 0.3 is 0 Å². The molecular formula is C17H45NO. The lowest BCUT2D eigenvalue weighted by Gasteiger charge is -2.21. The van der Waals surface area contributed by atoms with Gasteiger partial charge in [-0.2, -0.15) is 0 Å². The van der Waals surface area contributed by atoms with Gasteiger partial charge in [0.15, 0.2) is 0 Å². The van der Waals surface area contributed by atoms with Crippen LogP contribution in [0, 0.1) is 5.92 Å². The molecule has 0 aromatic heterocycles. The molecule has 0 aliphatic heterocycles. The van der Waals surface area contributed by atoms with E-state index in [2.05, 4.69) is 27.7 Å². The van der Waals surface area contributed by atoms with E-state index in [9.17, 15) is 4.79 Å². The molecule has 0 N–H and O–H groups in total. The van der Waals surface area contributed by atoms with Crippen LogP contribution in [-0.4, -0.2) is 23.9 Å². The van der Waals surface area contributed by atoms with Crippen molar-refractivity contribution in [3.8, 4) is 0 Å². The highest BCUT2D eigenvalue weighted by molar-refractivity contribution is 5.73. The minimum atomic E-state index is 0. The number of carbonyl (C=O) groups is 1. The first kappa shape index (κ1) is 36.3. The van der Waals surface area contributed by atoms with E-state index in [1.165, 1.54) is 12.8 Å². The van der Waals surface area contributed by atoms with E-state index in [1.54, 1.807) is 11.8 Å². The molecule has 0 saturated heterocycles. The van der Waals surface area contributed by atoms with Crippen LogP contribution < -0.4 is 0 Å². The van der Waals surface area contributed by atoms with Gasteiger partial charge < -0.3 is 4.90 Å². The molecule has 124 valence electrons. The molecule has 0 fully saturated rings. The largest absolute Gasteiger partial charge is 0.343 e. The number of amides is 1. The predicted molar refractivity (Wildman–Crippen MR) is 94.9 cm³/mol. The van der Waals surface area contributed by atoms with E-state index in [4.69, 9.17) is 0 Å². The summed E-state index contributed by atoms with van der Waals surface area (Å²) in [7, 11) is 1.83. The molecule has 2 nitrogen and oxygen atoms in total. The van der Waals surface area contributed by atoms with E-state index in [1.807, 2.05) is 14.0 Å². The Morgan fingerprint density at radius 3 is 1.26 bits per heavy atom. The van der Waals surface area contributed by atoms with Gasteiger partial charge in [-0.15, -0.1) is 0 Å². The van der Waals surface area contributed by atoms with Gasteiger partial charge in [0.05, 0.1) is 0 Å². The van der Waals surface area contributed by atoms with Crippen molar-refractivity contribution in [2.24, 2.45) is 5.92 Å². The second-order valence-electron chi connectivity index (χ2n) is 4.31. The molecule has 1 atom stereocenters. The predicted octanol–water partition coefficient (Wildman–Crippen LogP) is 6.25. The quantitative estimate of drug-likeness (QED) is 0.595. The second-order valence-corrected chi connectivity index (χ2v) is 4.31. The van der Waals surface area contributed by atoms with E-state index in [0.717, 1.165) is 12.3 Å². The summed E-state index contributed by atoms with van der Waals surface area (Å²) in [6, 6.07) is 0.377. The Labute approximate surface area is 126 Å². The van der Waals surface area contributed by atoms with Gasteiger partial charge in [-0.05, 0) is 19.3 Å². The molecule has 1 unspecified atom stereocenters. The zero-order chi connectivity index (χ0) is 12.4. The third-order valence-corrected chi connectivity index (χ3v) is 3.14. The van der Waals surface area contributed by atoms with Crippen molar-refractivity contribution < 1.29 is 4.79 Å². The molecule has 0 saturated carbocycles. The lowest BCUT2D eigenvalue weighted by molar-refractivity contribution is -0.129. The minimum Gasteiger partial charge on any atom is -0.343 e. The molecule has 0 bridgehead atoms. The molecule has 0 aliphatic rings. The minimum absolute atomic E-state index is 0. The van der Waals surface area contributed by atoms with Crippen molar-refractivity contribution in [1.29, 1.82) is 0 Å². The molecule has 0 aromatic rings. The fraction of sp³-hybridized carbons (Fsp3) is 0.941. The van der Waals surface area contributed by atoms with Crippen LogP contribution in [0.3, 0.4) is 0 Å². The van der Waals surface area contributed by atoms with E-state index < -0.39 is 0 Å². The van der Waals surface area contributed by atoms with E-state index in [-0.39, 0.29) is 35.6 Å². The van der Waals surface area contributed by atoms with E-state index >= 15 is 0 Å². The maximum absolute atomic E-state index is 10.7. The highest BCUT2D eigenvalue weighted by atomic mass is 16.2. The van der Waals surface area contributed by atoms with Crippen molar-refractivity contribution in [3.05, 3.63) is 0 Å². The first-order valence-electron chi connectivity index (χ1n) is 6.13. The van der Waals surface area contributed by atoms with Crippen LogP contribution in [0.15, 0.2) is 0 Å². The average Bonchev–Trinajstić information content (AvgIpc) is 2.26. The summed E-state index contributed by atoms with van der Waals surface area (Å²) >= 11 is 0. The molecule has 19 heavy (non-hydrogen) atoms. The Morgan fingerprint density at radius 1 is 0.895 bits per heavy atom. The molecule has 1 amide bonds. The van der Waals surface area contributed by atoms with Crippen LogP contribution in [-0.2, 0) is 4.79 Å². The lowest BCUT2D eigenvalue weighted by Crippen LogP contribution is -2.32. The maximum atomic E-state index is 10.7. The van der Waals surface area contributed by atoms with Gasteiger partial charge in [0.25, 0.3) is 0 Å². The number of nitrogens with zero attached hydrogens (tertiary/aromatic N) is 1. The molecule has 0 rings (SSSR count). The normalized spacial score (nSPS) is 9.26. The summed E-state index contributed by atoms with van der Waals surface area (Å²) in [5.41, 5.74) is 0. The van der Waals surface area contributed by atoms with Crippen molar-refractivity contribution in [3.63, 3.8) is 0 Å². The van der Waals surface area contributed by atoms with Crippen LogP contribution in [0.4, 0.5) is 0 Å². The monoisotopic (exact) mass is 279 g/mol. The highest BCUT2D eigenvalue weighted by Gasteiger charge is 2.07. The maximum Gasteiger partial charge on any atom is 0.219 e. The number of hydrogen-bond donors (Lipinski definition) is 0. The van der Waals surface area contributed by atoms with Gasteiger partial charge in [0.2, 0.25) is 5.91 Å². The van der Waals surface area contributed by atoms with Gasteiger partial charge in [0.1, 0.15) is 0 Å². The van der Waals surface area contributed by atoms with Crippen molar-refractivity contribution >= 4 is 5.91 Å². The fourth-order valence-corrected chi connectivity index (χ4v) is 0.873. The van der Waals surface area contributed by atoms with Crippen LogP contribution in [0.2, 0.25) is 0 Å². The third kappa shape index (κ3) is 23.0. The Kier molecular flexibility index (Phi) is 43.2. The van der Waals surface area contributed by atoms with Crippen LogP contribution >= 0.6 is 0 Å².